The zero-order valence-corrected chi connectivity index (χ0v) is 10.2. The highest BCUT2D eigenvalue weighted by atomic mass is 16.1. The first kappa shape index (κ1) is 12.9. The molecule has 0 spiro atoms. The first-order chi connectivity index (χ1) is 7.74. The van der Waals surface area contributed by atoms with Crippen molar-refractivity contribution in [2.75, 3.05) is 13.6 Å². The molecule has 0 radical (unpaired) electrons. The van der Waals surface area contributed by atoms with Crippen LogP contribution in [0.3, 0.4) is 0 Å². The lowest BCUT2D eigenvalue weighted by Gasteiger charge is -2.13. The van der Waals surface area contributed by atoms with E-state index in [-0.39, 0.29) is 5.92 Å². The summed E-state index contributed by atoms with van der Waals surface area (Å²) in [6.07, 6.45) is 2.90. The van der Waals surface area contributed by atoms with Crippen LogP contribution in [0.15, 0.2) is 30.3 Å². The Hall–Kier alpha value is -1.15. The molecule has 1 N–H and O–H groups in total. The summed E-state index contributed by atoms with van der Waals surface area (Å²) < 4.78 is 0. The van der Waals surface area contributed by atoms with Crippen molar-refractivity contribution in [1.29, 1.82) is 0 Å². The summed E-state index contributed by atoms with van der Waals surface area (Å²) in [5.41, 5.74) is 1.32. The molecule has 1 aromatic rings. The number of aryl methyl sites for hydroxylation is 1. The maximum absolute atomic E-state index is 11.4. The molecular formula is C14H21NO. The lowest BCUT2D eigenvalue weighted by atomic mass is 9.93. The number of hydrogen-bond acceptors (Lipinski definition) is 2. The molecule has 0 aliphatic heterocycles. The molecule has 1 aromatic carbocycles. The van der Waals surface area contributed by atoms with Crippen LogP contribution in [0.25, 0.3) is 0 Å². The Morgan fingerprint density at radius 1 is 1.25 bits per heavy atom. The van der Waals surface area contributed by atoms with Gasteiger partial charge in [-0.25, -0.2) is 0 Å². The Bertz CT molecular complexity index is 308. The van der Waals surface area contributed by atoms with Crippen molar-refractivity contribution < 1.29 is 4.79 Å². The van der Waals surface area contributed by atoms with Crippen LogP contribution in [-0.2, 0) is 11.2 Å². The van der Waals surface area contributed by atoms with E-state index in [0.29, 0.717) is 5.78 Å². The Morgan fingerprint density at radius 3 is 2.50 bits per heavy atom. The van der Waals surface area contributed by atoms with Gasteiger partial charge in [0.25, 0.3) is 0 Å². The largest absolute Gasteiger partial charge is 0.320 e. The summed E-state index contributed by atoms with van der Waals surface area (Å²) in [5.74, 6) is 0.513. The molecule has 0 fully saturated rings. The van der Waals surface area contributed by atoms with Gasteiger partial charge < -0.3 is 5.32 Å². The molecule has 2 heteroatoms. The molecule has 1 atom stereocenters. The van der Waals surface area contributed by atoms with Crippen molar-refractivity contribution in [2.45, 2.75) is 26.2 Å². The second-order valence-corrected chi connectivity index (χ2v) is 4.22. The number of carbonyl (C=O) groups excluding carboxylic acids is 1. The lowest BCUT2D eigenvalue weighted by molar-refractivity contribution is -0.121. The molecule has 0 amide bonds. The van der Waals surface area contributed by atoms with E-state index >= 15 is 0 Å². The van der Waals surface area contributed by atoms with Gasteiger partial charge in [-0.3, -0.25) is 4.79 Å². The normalized spacial score (nSPS) is 12.4. The molecule has 2 nitrogen and oxygen atoms in total. The third-order valence-electron chi connectivity index (χ3n) is 2.94. The van der Waals surface area contributed by atoms with Crippen molar-refractivity contribution in [3.8, 4) is 0 Å². The maximum Gasteiger partial charge on any atom is 0.132 e. The zero-order valence-electron chi connectivity index (χ0n) is 10.2. The molecular weight excluding hydrogens is 198 g/mol. The fourth-order valence-corrected chi connectivity index (χ4v) is 1.86. The summed E-state index contributed by atoms with van der Waals surface area (Å²) in [5, 5.41) is 3.10. The number of Topliss-reactive ketones (excluding diaryl/α,β-unsaturated/α-hetero) is 1. The average Bonchev–Trinajstić information content (AvgIpc) is 2.30. The minimum Gasteiger partial charge on any atom is -0.320 e. The highest BCUT2D eigenvalue weighted by molar-refractivity contribution is 5.78. The van der Waals surface area contributed by atoms with E-state index < -0.39 is 0 Å². The fourth-order valence-electron chi connectivity index (χ4n) is 1.86. The third-order valence-corrected chi connectivity index (χ3v) is 2.94. The lowest BCUT2D eigenvalue weighted by Crippen LogP contribution is -2.19. The van der Waals surface area contributed by atoms with Crippen molar-refractivity contribution in [3.05, 3.63) is 35.9 Å². The van der Waals surface area contributed by atoms with Gasteiger partial charge in [-0.15, -0.1) is 0 Å². The number of benzene rings is 1. The highest BCUT2D eigenvalue weighted by Gasteiger charge is 2.13. The van der Waals surface area contributed by atoms with Crippen LogP contribution in [0.4, 0.5) is 0 Å². The van der Waals surface area contributed by atoms with Crippen molar-refractivity contribution in [2.24, 2.45) is 5.92 Å². The molecule has 0 saturated heterocycles. The predicted octanol–water partition coefficient (Wildman–Crippen LogP) is 2.43. The van der Waals surface area contributed by atoms with Gasteiger partial charge in [0.1, 0.15) is 5.78 Å². The van der Waals surface area contributed by atoms with E-state index in [1.165, 1.54) is 5.56 Å². The Kier molecular flexibility index (Phi) is 5.79. The van der Waals surface area contributed by atoms with Crippen molar-refractivity contribution >= 4 is 5.78 Å². The SMILES string of the molecule is CNCCC(CCc1ccccc1)C(C)=O. The summed E-state index contributed by atoms with van der Waals surface area (Å²) in [7, 11) is 1.92. The quantitative estimate of drug-likeness (QED) is 0.763. The molecule has 16 heavy (non-hydrogen) atoms. The second kappa shape index (κ2) is 7.18. The van der Waals surface area contributed by atoms with Crippen LogP contribution in [0.1, 0.15) is 25.3 Å². The number of ketones is 1. The molecule has 0 aliphatic carbocycles. The van der Waals surface area contributed by atoms with Crippen molar-refractivity contribution in [3.63, 3.8) is 0 Å². The smallest absolute Gasteiger partial charge is 0.132 e. The summed E-state index contributed by atoms with van der Waals surface area (Å²) >= 11 is 0. The topological polar surface area (TPSA) is 29.1 Å². The van der Waals surface area contributed by atoms with E-state index in [2.05, 4.69) is 17.4 Å². The fraction of sp³-hybridized carbons (Fsp3) is 0.500. The van der Waals surface area contributed by atoms with Gasteiger partial charge in [-0.1, -0.05) is 30.3 Å². The van der Waals surface area contributed by atoms with Crippen LogP contribution < -0.4 is 5.32 Å². The molecule has 0 bridgehead atoms. The average molecular weight is 219 g/mol. The Labute approximate surface area is 98.1 Å². The van der Waals surface area contributed by atoms with E-state index in [1.807, 2.05) is 25.2 Å². The number of hydrogen-bond donors (Lipinski definition) is 1. The number of rotatable bonds is 7. The Morgan fingerprint density at radius 2 is 1.94 bits per heavy atom. The van der Waals surface area contributed by atoms with Crippen LogP contribution >= 0.6 is 0 Å². The van der Waals surface area contributed by atoms with Gasteiger partial charge in [0.15, 0.2) is 0 Å². The second-order valence-electron chi connectivity index (χ2n) is 4.22. The molecule has 1 unspecified atom stereocenters. The standard InChI is InChI=1S/C14H21NO/c1-12(16)14(10-11-15-2)9-8-13-6-4-3-5-7-13/h3-7,14-15H,8-11H2,1-2H3. The molecule has 0 saturated carbocycles. The van der Waals surface area contributed by atoms with Crippen LogP contribution in [0.2, 0.25) is 0 Å². The predicted molar refractivity (Wildman–Crippen MR) is 67.5 cm³/mol. The maximum atomic E-state index is 11.4. The summed E-state index contributed by atoms with van der Waals surface area (Å²) in [6, 6.07) is 10.4. The van der Waals surface area contributed by atoms with Gasteiger partial charge in [-0.2, -0.15) is 0 Å². The van der Waals surface area contributed by atoms with Gasteiger partial charge in [0.05, 0.1) is 0 Å². The molecule has 0 aliphatic rings. The van der Waals surface area contributed by atoms with Crippen LogP contribution in [0.5, 0.6) is 0 Å². The third kappa shape index (κ3) is 4.58. The summed E-state index contributed by atoms with van der Waals surface area (Å²) in [4.78, 5) is 11.4. The van der Waals surface area contributed by atoms with E-state index in [0.717, 1.165) is 25.8 Å². The number of nitrogens with one attached hydrogen (secondary N) is 1. The van der Waals surface area contributed by atoms with Gasteiger partial charge in [0.2, 0.25) is 0 Å². The molecule has 1 rings (SSSR count). The van der Waals surface area contributed by atoms with Crippen molar-refractivity contribution in [1.82, 2.24) is 5.32 Å². The molecule has 88 valence electrons. The first-order valence-electron chi connectivity index (χ1n) is 5.93. The minimum absolute atomic E-state index is 0.202. The van der Waals surface area contributed by atoms with E-state index in [9.17, 15) is 4.79 Å². The molecule has 0 aromatic heterocycles. The Balaban J connectivity index is 2.41. The molecule has 0 heterocycles. The summed E-state index contributed by atoms with van der Waals surface area (Å²) in [6.45, 7) is 2.62. The van der Waals surface area contributed by atoms with Crippen LogP contribution in [-0.4, -0.2) is 19.4 Å². The number of carbonyl (C=O) groups is 1. The highest BCUT2D eigenvalue weighted by Crippen LogP contribution is 2.14. The minimum atomic E-state index is 0.202. The van der Waals surface area contributed by atoms with Gasteiger partial charge >= 0.3 is 0 Å². The van der Waals surface area contributed by atoms with E-state index in [1.54, 1.807) is 6.92 Å². The monoisotopic (exact) mass is 219 g/mol. The first-order valence-corrected chi connectivity index (χ1v) is 5.93. The van der Waals surface area contributed by atoms with Crippen LogP contribution in [0, 0.1) is 5.92 Å². The van der Waals surface area contributed by atoms with Gasteiger partial charge in [-0.05, 0) is 45.3 Å². The van der Waals surface area contributed by atoms with Gasteiger partial charge in [0, 0.05) is 5.92 Å². The van der Waals surface area contributed by atoms with E-state index in [4.69, 9.17) is 0 Å². The zero-order chi connectivity index (χ0) is 11.8.